The second-order valence-corrected chi connectivity index (χ2v) is 6.48. The third-order valence-corrected chi connectivity index (χ3v) is 4.49. The van der Waals surface area contributed by atoms with E-state index in [4.69, 9.17) is 0 Å². The maximum Gasteiger partial charge on any atom is 0.0994 e. The number of benzene rings is 1. The lowest BCUT2D eigenvalue weighted by Gasteiger charge is -2.38. The molecule has 0 radical (unpaired) electrons. The van der Waals surface area contributed by atoms with Crippen LogP contribution in [0.2, 0.25) is 0 Å². The van der Waals surface area contributed by atoms with Gasteiger partial charge in [0.2, 0.25) is 0 Å². The normalized spacial score (nSPS) is 27.2. The summed E-state index contributed by atoms with van der Waals surface area (Å²) in [6.07, 6.45) is 5.22. The molecule has 3 atom stereocenters. The fourth-order valence-electron chi connectivity index (χ4n) is 3.31. The molecule has 2 rings (SSSR count). The quantitative estimate of drug-likeness (QED) is 0.898. The summed E-state index contributed by atoms with van der Waals surface area (Å²) >= 11 is 0. The van der Waals surface area contributed by atoms with Gasteiger partial charge in [-0.25, -0.2) is 0 Å². The van der Waals surface area contributed by atoms with Gasteiger partial charge in [0.05, 0.1) is 5.60 Å². The minimum atomic E-state index is -0.767. The van der Waals surface area contributed by atoms with Crippen LogP contribution in [-0.2, 0) is 5.60 Å². The smallest absolute Gasteiger partial charge is 0.0994 e. The van der Waals surface area contributed by atoms with E-state index in [1.54, 1.807) is 0 Å². The molecule has 1 aliphatic carbocycles. The second-order valence-electron chi connectivity index (χ2n) is 6.48. The lowest BCUT2D eigenvalue weighted by Crippen LogP contribution is -2.43. The van der Waals surface area contributed by atoms with Gasteiger partial charge in [0, 0.05) is 12.6 Å². The molecule has 0 aliphatic heterocycles. The minimum Gasteiger partial charge on any atom is -0.384 e. The molecule has 2 nitrogen and oxygen atoms in total. The molecule has 0 bridgehead atoms. The van der Waals surface area contributed by atoms with Gasteiger partial charge in [-0.1, -0.05) is 50.1 Å². The first-order valence-corrected chi connectivity index (χ1v) is 7.47. The molecule has 1 aliphatic rings. The van der Waals surface area contributed by atoms with Gasteiger partial charge in [-0.15, -0.1) is 0 Å². The molecule has 1 aromatic carbocycles. The Morgan fingerprint density at radius 3 is 2.58 bits per heavy atom. The van der Waals surface area contributed by atoms with Crippen molar-refractivity contribution in [2.45, 2.75) is 51.2 Å². The van der Waals surface area contributed by atoms with Crippen molar-refractivity contribution in [1.82, 2.24) is 4.90 Å². The van der Waals surface area contributed by atoms with Gasteiger partial charge in [0.25, 0.3) is 0 Å². The van der Waals surface area contributed by atoms with Crippen LogP contribution in [0.3, 0.4) is 0 Å². The van der Waals surface area contributed by atoms with E-state index in [1.807, 2.05) is 37.3 Å². The van der Waals surface area contributed by atoms with Crippen LogP contribution in [0.15, 0.2) is 30.3 Å². The van der Waals surface area contributed by atoms with Gasteiger partial charge in [0.1, 0.15) is 0 Å². The average molecular weight is 261 g/mol. The molecule has 0 saturated heterocycles. The van der Waals surface area contributed by atoms with Gasteiger partial charge < -0.3 is 10.0 Å². The van der Waals surface area contributed by atoms with E-state index in [0.717, 1.165) is 11.5 Å². The summed E-state index contributed by atoms with van der Waals surface area (Å²) in [7, 11) is 2.15. The molecule has 3 unspecified atom stereocenters. The summed E-state index contributed by atoms with van der Waals surface area (Å²) in [5.41, 5.74) is 0.238. The zero-order valence-electron chi connectivity index (χ0n) is 12.5. The molecular weight excluding hydrogens is 234 g/mol. The lowest BCUT2D eigenvalue weighted by molar-refractivity contribution is 0.00345. The molecule has 1 N–H and O–H groups in total. The average Bonchev–Trinajstić information content (AvgIpc) is 2.39. The van der Waals surface area contributed by atoms with E-state index in [2.05, 4.69) is 18.9 Å². The van der Waals surface area contributed by atoms with Crippen molar-refractivity contribution in [2.75, 3.05) is 13.6 Å². The highest BCUT2D eigenvalue weighted by Gasteiger charge is 2.29. The fraction of sp³-hybridized carbons (Fsp3) is 0.647. The lowest BCUT2D eigenvalue weighted by atomic mass is 9.85. The molecule has 0 aromatic heterocycles. The Labute approximate surface area is 117 Å². The van der Waals surface area contributed by atoms with Gasteiger partial charge in [-0.2, -0.15) is 0 Å². The van der Waals surface area contributed by atoms with Crippen LogP contribution in [0.25, 0.3) is 0 Å². The summed E-state index contributed by atoms with van der Waals surface area (Å²) in [5, 5.41) is 10.7. The topological polar surface area (TPSA) is 23.5 Å². The Morgan fingerprint density at radius 2 is 1.95 bits per heavy atom. The number of rotatable bonds is 4. The molecule has 19 heavy (non-hydrogen) atoms. The Hall–Kier alpha value is -0.860. The molecule has 0 spiro atoms. The van der Waals surface area contributed by atoms with E-state index in [1.165, 1.54) is 25.7 Å². The predicted molar refractivity (Wildman–Crippen MR) is 80.1 cm³/mol. The predicted octanol–water partition coefficient (Wildman–Crippen LogP) is 3.40. The van der Waals surface area contributed by atoms with Crippen LogP contribution < -0.4 is 0 Å². The summed E-state index contributed by atoms with van der Waals surface area (Å²) in [4.78, 5) is 2.35. The van der Waals surface area contributed by atoms with Crippen molar-refractivity contribution >= 4 is 0 Å². The van der Waals surface area contributed by atoms with E-state index >= 15 is 0 Å². The number of hydrogen-bond donors (Lipinski definition) is 1. The van der Waals surface area contributed by atoms with Crippen molar-refractivity contribution in [3.05, 3.63) is 35.9 Å². The van der Waals surface area contributed by atoms with E-state index in [9.17, 15) is 5.11 Å². The number of hydrogen-bond acceptors (Lipinski definition) is 2. The Bertz CT molecular complexity index is 388. The van der Waals surface area contributed by atoms with Gasteiger partial charge in [-0.05, 0) is 38.3 Å². The number of likely N-dealkylation sites (N-methyl/N-ethyl adjacent to an activating group) is 1. The van der Waals surface area contributed by atoms with Crippen LogP contribution in [-0.4, -0.2) is 29.6 Å². The third-order valence-electron chi connectivity index (χ3n) is 4.49. The second kappa shape index (κ2) is 6.06. The number of aliphatic hydroxyl groups is 1. The van der Waals surface area contributed by atoms with Gasteiger partial charge in [0.15, 0.2) is 0 Å². The highest BCUT2D eigenvalue weighted by atomic mass is 16.3. The standard InChI is InChI=1S/C17H27NO/c1-14-8-7-11-16(12-14)18(3)13-17(2,19)15-9-5-4-6-10-15/h4-6,9-10,14,16,19H,7-8,11-13H2,1-3H3. The highest BCUT2D eigenvalue weighted by molar-refractivity contribution is 5.21. The zero-order chi connectivity index (χ0) is 13.9. The van der Waals surface area contributed by atoms with Crippen molar-refractivity contribution in [3.8, 4) is 0 Å². The van der Waals surface area contributed by atoms with Crippen LogP contribution in [0.4, 0.5) is 0 Å². The monoisotopic (exact) mass is 261 g/mol. The molecule has 0 amide bonds. The summed E-state index contributed by atoms with van der Waals surface area (Å²) < 4.78 is 0. The van der Waals surface area contributed by atoms with E-state index in [-0.39, 0.29) is 0 Å². The summed E-state index contributed by atoms with van der Waals surface area (Å²) in [5.74, 6) is 0.822. The molecule has 1 saturated carbocycles. The maximum absolute atomic E-state index is 10.7. The largest absolute Gasteiger partial charge is 0.384 e. The molecule has 106 valence electrons. The first kappa shape index (κ1) is 14.5. The maximum atomic E-state index is 10.7. The highest BCUT2D eigenvalue weighted by Crippen LogP contribution is 2.29. The molecule has 1 fully saturated rings. The van der Waals surface area contributed by atoms with Crippen molar-refractivity contribution < 1.29 is 5.11 Å². The zero-order valence-corrected chi connectivity index (χ0v) is 12.5. The summed E-state index contributed by atoms with van der Waals surface area (Å²) in [6, 6.07) is 10.6. The van der Waals surface area contributed by atoms with E-state index < -0.39 is 5.60 Å². The van der Waals surface area contributed by atoms with Crippen molar-refractivity contribution in [1.29, 1.82) is 0 Å². The van der Waals surface area contributed by atoms with Gasteiger partial charge in [-0.3, -0.25) is 0 Å². The minimum absolute atomic E-state index is 0.624. The SMILES string of the molecule is CC1CCCC(N(C)CC(C)(O)c2ccccc2)C1. The molecule has 0 heterocycles. The Morgan fingerprint density at radius 1 is 1.26 bits per heavy atom. The number of nitrogens with zero attached hydrogens (tertiary/aromatic N) is 1. The Kier molecular flexibility index (Phi) is 4.64. The fourth-order valence-corrected chi connectivity index (χ4v) is 3.31. The molecule has 2 heteroatoms. The summed E-state index contributed by atoms with van der Waals surface area (Å²) in [6.45, 7) is 4.97. The van der Waals surface area contributed by atoms with Crippen molar-refractivity contribution in [2.24, 2.45) is 5.92 Å². The first-order valence-electron chi connectivity index (χ1n) is 7.47. The molecular formula is C17H27NO. The molecule has 1 aromatic rings. The van der Waals surface area contributed by atoms with Crippen LogP contribution in [0.1, 0.15) is 45.1 Å². The van der Waals surface area contributed by atoms with Crippen LogP contribution in [0.5, 0.6) is 0 Å². The first-order chi connectivity index (χ1) is 8.99. The van der Waals surface area contributed by atoms with Crippen LogP contribution >= 0.6 is 0 Å². The Balaban J connectivity index is 1.99. The van der Waals surface area contributed by atoms with Crippen molar-refractivity contribution in [3.63, 3.8) is 0 Å². The van der Waals surface area contributed by atoms with Gasteiger partial charge >= 0.3 is 0 Å². The van der Waals surface area contributed by atoms with E-state index in [0.29, 0.717) is 12.6 Å². The van der Waals surface area contributed by atoms with Crippen LogP contribution in [0, 0.1) is 5.92 Å². The third kappa shape index (κ3) is 3.80.